The highest BCUT2D eigenvalue weighted by Crippen LogP contribution is 2.29. The van der Waals surface area contributed by atoms with Gasteiger partial charge >= 0.3 is 11.7 Å². The third kappa shape index (κ3) is 6.08. The molecule has 0 spiro atoms. The molecule has 0 saturated carbocycles. The van der Waals surface area contributed by atoms with Gasteiger partial charge in [-0.25, -0.2) is 10.2 Å². The van der Waals surface area contributed by atoms with Crippen LogP contribution < -0.4 is 14.9 Å². The Balaban J connectivity index is 1.55. The molecule has 0 unspecified atom stereocenters. The molecule has 38 heavy (non-hydrogen) atoms. The van der Waals surface area contributed by atoms with Crippen molar-refractivity contribution in [3.63, 3.8) is 0 Å². The predicted octanol–water partition coefficient (Wildman–Crippen LogP) is 6.19. The molecule has 11 heteroatoms. The van der Waals surface area contributed by atoms with E-state index in [1.807, 2.05) is 24.3 Å². The Hall–Kier alpha value is -4.47. The van der Waals surface area contributed by atoms with Crippen LogP contribution in [0.3, 0.4) is 0 Å². The Bertz CT molecular complexity index is 1570. The number of nitro groups is 1. The molecule has 4 aromatic carbocycles. The first-order valence-corrected chi connectivity index (χ1v) is 11.9. The second-order valence-corrected chi connectivity index (χ2v) is 8.78. The first-order chi connectivity index (χ1) is 18.2. The highest BCUT2D eigenvalue weighted by Gasteiger charge is 2.21. The van der Waals surface area contributed by atoms with Crippen molar-refractivity contribution in [1.82, 2.24) is 5.43 Å². The molecule has 0 aliphatic carbocycles. The molecular weight excluding hydrogens is 533 g/mol. The number of nitrogens with one attached hydrogen (secondary N) is 1. The van der Waals surface area contributed by atoms with Gasteiger partial charge in [-0.3, -0.25) is 14.9 Å². The van der Waals surface area contributed by atoms with Gasteiger partial charge in [0.05, 0.1) is 21.7 Å². The number of para-hydroxylation sites is 2. The first kappa shape index (κ1) is 26.6. The maximum atomic E-state index is 12.8. The Labute approximate surface area is 226 Å². The Morgan fingerprint density at radius 3 is 2.50 bits per heavy atom. The van der Waals surface area contributed by atoms with E-state index in [9.17, 15) is 19.7 Å². The van der Waals surface area contributed by atoms with E-state index in [0.29, 0.717) is 16.0 Å². The van der Waals surface area contributed by atoms with E-state index in [1.165, 1.54) is 49.5 Å². The fourth-order valence-electron chi connectivity index (χ4n) is 3.51. The zero-order chi connectivity index (χ0) is 27.2. The van der Waals surface area contributed by atoms with Gasteiger partial charge in [-0.1, -0.05) is 65.7 Å². The number of halogens is 2. The van der Waals surface area contributed by atoms with E-state index in [1.54, 1.807) is 18.2 Å². The van der Waals surface area contributed by atoms with Gasteiger partial charge in [0.15, 0.2) is 11.9 Å². The maximum absolute atomic E-state index is 12.8. The van der Waals surface area contributed by atoms with Gasteiger partial charge in [0, 0.05) is 16.7 Å². The molecule has 0 radical (unpaired) electrons. The minimum atomic E-state index is -1.09. The van der Waals surface area contributed by atoms with Crippen LogP contribution in [0.2, 0.25) is 10.0 Å². The van der Waals surface area contributed by atoms with Gasteiger partial charge in [-0.15, -0.1) is 0 Å². The molecule has 0 aliphatic heterocycles. The normalized spacial score (nSPS) is 11.8. The maximum Gasteiger partial charge on any atom is 0.345 e. The monoisotopic (exact) mass is 551 g/mol. The number of carbonyl (C=O) groups excluding carboxylic acids is 2. The number of nitro benzene ring substituents is 1. The summed E-state index contributed by atoms with van der Waals surface area (Å²) in [6.07, 6.45) is 0.245. The van der Waals surface area contributed by atoms with E-state index in [0.717, 1.165) is 5.39 Å². The van der Waals surface area contributed by atoms with Crippen molar-refractivity contribution in [2.75, 3.05) is 0 Å². The lowest BCUT2D eigenvalue weighted by Crippen LogP contribution is -2.33. The molecule has 4 rings (SSSR count). The second-order valence-electron chi connectivity index (χ2n) is 7.93. The molecule has 1 atom stereocenters. The van der Waals surface area contributed by atoms with Crippen LogP contribution in [0.25, 0.3) is 10.8 Å². The molecule has 0 fully saturated rings. The quantitative estimate of drug-likeness (QED) is 0.0915. The smallest absolute Gasteiger partial charge is 0.345 e. The van der Waals surface area contributed by atoms with E-state index >= 15 is 0 Å². The van der Waals surface area contributed by atoms with Crippen molar-refractivity contribution in [3.8, 4) is 11.5 Å². The number of hydrogen-bond donors (Lipinski definition) is 1. The van der Waals surface area contributed by atoms with Crippen molar-refractivity contribution in [1.29, 1.82) is 0 Å². The lowest BCUT2D eigenvalue weighted by atomic mass is 10.0. The molecule has 0 aromatic heterocycles. The SMILES string of the molecule is C[C@@H](Oc1ccccc1[N+](=O)[O-])C(=O)N/N=C\c1c(OC(=O)c2ccc(Cl)cc2Cl)ccc2ccccc12. The number of carbonyl (C=O) groups is 2. The Morgan fingerprint density at radius 2 is 1.74 bits per heavy atom. The van der Waals surface area contributed by atoms with Crippen molar-refractivity contribution >= 4 is 57.8 Å². The second kappa shape index (κ2) is 11.7. The van der Waals surface area contributed by atoms with Gasteiger partial charge in [0.1, 0.15) is 5.75 Å². The predicted molar refractivity (Wildman–Crippen MR) is 144 cm³/mol. The van der Waals surface area contributed by atoms with Crippen molar-refractivity contribution in [2.24, 2.45) is 5.10 Å². The fraction of sp³-hybridized carbons (Fsp3) is 0.0741. The summed E-state index contributed by atoms with van der Waals surface area (Å²) in [5, 5.41) is 17.3. The summed E-state index contributed by atoms with van der Waals surface area (Å²) >= 11 is 12.1. The van der Waals surface area contributed by atoms with E-state index in [2.05, 4.69) is 10.5 Å². The first-order valence-electron chi connectivity index (χ1n) is 11.2. The molecule has 0 aliphatic rings. The summed E-state index contributed by atoms with van der Waals surface area (Å²) in [4.78, 5) is 36.0. The summed E-state index contributed by atoms with van der Waals surface area (Å²) in [7, 11) is 0. The zero-order valence-electron chi connectivity index (χ0n) is 19.8. The van der Waals surface area contributed by atoms with Crippen LogP contribution in [0.1, 0.15) is 22.8 Å². The van der Waals surface area contributed by atoms with E-state index in [4.69, 9.17) is 32.7 Å². The number of hydrazone groups is 1. The number of esters is 1. The minimum absolute atomic E-state index is 0.0479. The average molecular weight is 552 g/mol. The summed E-state index contributed by atoms with van der Waals surface area (Å²) in [5.41, 5.74) is 2.64. The third-order valence-electron chi connectivity index (χ3n) is 5.39. The standard InChI is InChI=1S/C27H19Cl2N3O6/c1-16(37-25-9-5-4-8-23(25)32(35)36)26(33)31-30-15-21-19-7-3-2-6-17(19)10-13-24(21)38-27(34)20-12-11-18(28)14-22(20)29/h2-16H,1H3,(H,31,33)/b30-15-/t16-/m1/s1. The topological polar surface area (TPSA) is 120 Å². The van der Waals surface area contributed by atoms with Crippen LogP contribution in [0, 0.1) is 10.1 Å². The molecule has 1 amide bonds. The van der Waals surface area contributed by atoms with Crippen molar-refractivity contribution in [2.45, 2.75) is 13.0 Å². The molecule has 192 valence electrons. The highest BCUT2D eigenvalue weighted by atomic mass is 35.5. The number of ether oxygens (including phenoxy) is 2. The van der Waals surface area contributed by atoms with Gasteiger partial charge < -0.3 is 9.47 Å². The number of benzene rings is 4. The molecule has 1 N–H and O–H groups in total. The average Bonchev–Trinajstić information content (AvgIpc) is 2.89. The summed E-state index contributed by atoms with van der Waals surface area (Å²) in [5.74, 6) is -1.21. The van der Waals surface area contributed by atoms with Crippen molar-refractivity contribution < 1.29 is 24.0 Å². The van der Waals surface area contributed by atoms with Crippen LogP contribution in [0.15, 0.2) is 84.0 Å². The number of amides is 1. The highest BCUT2D eigenvalue weighted by molar-refractivity contribution is 6.36. The summed E-state index contributed by atoms with van der Waals surface area (Å²) < 4.78 is 11.1. The molecule has 9 nitrogen and oxygen atoms in total. The number of fused-ring (bicyclic) bond motifs is 1. The molecule has 0 bridgehead atoms. The zero-order valence-corrected chi connectivity index (χ0v) is 21.3. The minimum Gasteiger partial charge on any atom is -0.474 e. The van der Waals surface area contributed by atoms with Crippen LogP contribution in [-0.4, -0.2) is 29.1 Å². The van der Waals surface area contributed by atoms with Gasteiger partial charge in [0.25, 0.3) is 5.91 Å². The summed E-state index contributed by atoms with van der Waals surface area (Å²) in [6.45, 7) is 1.43. The fourth-order valence-corrected chi connectivity index (χ4v) is 4.00. The third-order valence-corrected chi connectivity index (χ3v) is 5.94. The van der Waals surface area contributed by atoms with Gasteiger partial charge in [0.2, 0.25) is 0 Å². The molecule has 4 aromatic rings. The van der Waals surface area contributed by atoms with Crippen LogP contribution in [0.4, 0.5) is 5.69 Å². The number of nitrogens with zero attached hydrogens (tertiary/aromatic N) is 2. The van der Waals surface area contributed by atoms with Crippen molar-refractivity contribution in [3.05, 3.63) is 110 Å². The largest absolute Gasteiger partial charge is 0.474 e. The van der Waals surface area contributed by atoms with Crippen LogP contribution in [-0.2, 0) is 4.79 Å². The van der Waals surface area contributed by atoms with Crippen LogP contribution >= 0.6 is 23.2 Å². The lowest BCUT2D eigenvalue weighted by molar-refractivity contribution is -0.386. The Kier molecular flexibility index (Phi) is 8.20. The molecule has 0 heterocycles. The number of rotatable bonds is 8. The van der Waals surface area contributed by atoms with Gasteiger partial charge in [-0.05, 0) is 48.0 Å². The Morgan fingerprint density at radius 1 is 1.00 bits per heavy atom. The van der Waals surface area contributed by atoms with Crippen LogP contribution in [0.5, 0.6) is 11.5 Å². The van der Waals surface area contributed by atoms with E-state index < -0.39 is 22.9 Å². The molecular formula is C27H19Cl2N3O6. The lowest BCUT2D eigenvalue weighted by Gasteiger charge is -2.13. The van der Waals surface area contributed by atoms with E-state index in [-0.39, 0.29) is 27.8 Å². The number of hydrogen-bond acceptors (Lipinski definition) is 7. The summed E-state index contributed by atoms with van der Waals surface area (Å²) in [6, 6.07) is 20.9. The molecule has 0 saturated heterocycles. The van der Waals surface area contributed by atoms with Gasteiger partial charge in [-0.2, -0.15) is 5.10 Å².